The highest BCUT2D eigenvalue weighted by atomic mass is 19.4. The van der Waals surface area contributed by atoms with Gasteiger partial charge in [0.25, 0.3) is 0 Å². The van der Waals surface area contributed by atoms with Crippen molar-refractivity contribution in [3.05, 3.63) is 59.7 Å². The highest BCUT2D eigenvalue weighted by molar-refractivity contribution is 5.94. The van der Waals surface area contributed by atoms with Crippen molar-refractivity contribution in [3.63, 3.8) is 0 Å². The van der Waals surface area contributed by atoms with Crippen LogP contribution in [0.15, 0.2) is 48.5 Å². The number of anilines is 2. The van der Waals surface area contributed by atoms with Crippen molar-refractivity contribution in [1.82, 2.24) is 5.32 Å². The Kier molecular flexibility index (Phi) is 6.41. The molecule has 1 aliphatic heterocycles. The van der Waals surface area contributed by atoms with Gasteiger partial charge in [0, 0.05) is 30.9 Å². The number of carbonyl (C=O) groups is 2. The van der Waals surface area contributed by atoms with Crippen LogP contribution in [0.4, 0.5) is 24.5 Å². The average molecular weight is 405 g/mol. The summed E-state index contributed by atoms with van der Waals surface area (Å²) in [7, 11) is 0. The number of alkyl halides is 3. The first-order valence-electron chi connectivity index (χ1n) is 9.40. The molecular weight excluding hydrogens is 383 g/mol. The van der Waals surface area contributed by atoms with E-state index in [2.05, 4.69) is 10.6 Å². The Morgan fingerprint density at radius 1 is 1.07 bits per heavy atom. The van der Waals surface area contributed by atoms with Crippen molar-refractivity contribution in [2.24, 2.45) is 0 Å². The molecule has 8 heteroatoms. The minimum Gasteiger partial charge on any atom is -0.376 e. The third kappa shape index (κ3) is 5.73. The molecule has 0 saturated carbocycles. The van der Waals surface area contributed by atoms with Gasteiger partial charge in [0.1, 0.15) is 0 Å². The van der Waals surface area contributed by atoms with Gasteiger partial charge in [-0.25, -0.2) is 0 Å². The summed E-state index contributed by atoms with van der Waals surface area (Å²) < 4.78 is 38.2. The zero-order chi connectivity index (χ0) is 20.9. The summed E-state index contributed by atoms with van der Waals surface area (Å²) in [6, 6.07) is 12.1. The normalized spacial score (nSPS) is 14.6. The van der Waals surface area contributed by atoms with E-state index in [0.717, 1.165) is 36.2 Å². The quantitative estimate of drug-likeness (QED) is 0.765. The molecular formula is C21H22F3N3O2. The van der Waals surface area contributed by atoms with Crippen molar-refractivity contribution >= 4 is 23.2 Å². The molecule has 0 spiro atoms. The molecule has 2 aromatic carbocycles. The van der Waals surface area contributed by atoms with Crippen LogP contribution in [0.1, 0.15) is 30.4 Å². The van der Waals surface area contributed by atoms with Crippen molar-refractivity contribution < 1.29 is 22.8 Å². The first-order valence-corrected chi connectivity index (χ1v) is 9.40. The third-order valence-corrected chi connectivity index (χ3v) is 4.68. The van der Waals surface area contributed by atoms with E-state index in [9.17, 15) is 22.8 Å². The third-order valence-electron chi connectivity index (χ3n) is 4.68. The van der Waals surface area contributed by atoms with Crippen LogP contribution < -0.4 is 15.5 Å². The van der Waals surface area contributed by atoms with Crippen LogP contribution in [-0.2, 0) is 22.3 Å². The Bertz CT molecular complexity index is 883. The Labute approximate surface area is 166 Å². The van der Waals surface area contributed by atoms with Crippen LogP contribution in [0.3, 0.4) is 0 Å². The Morgan fingerprint density at radius 3 is 2.62 bits per heavy atom. The molecule has 0 bridgehead atoms. The number of rotatable bonds is 6. The van der Waals surface area contributed by atoms with Crippen molar-refractivity contribution in [2.45, 2.75) is 32.0 Å². The predicted molar refractivity (Wildman–Crippen MR) is 104 cm³/mol. The summed E-state index contributed by atoms with van der Waals surface area (Å²) in [4.78, 5) is 25.9. The molecule has 5 nitrogen and oxygen atoms in total. The van der Waals surface area contributed by atoms with Crippen molar-refractivity contribution in [3.8, 4) is 0 Å². The van der Waals surface area contributed by atoms with E-state index in [1.807, 2.05) is 24.3 Å². The minimum atomic E-state index is -4.43. The van der Waals surface area contributed by atoms with Crippen LogP contribution in [0.25, 0.3) is 0 Å². The van der Waals surface area contributed by atoms with E-state index in [1.165, 1.54) is 12.1 Å². The summed E-state index contributed by atoms with van der Waals surface area (Å²) in [6.07, 6.45) is -2.01. The van der Waals surface area contributed by atoms with E-state index < -0.39 is 11.7 Å². The number of benzene rings is 2. The molecule has 154 valence electrons. The number of piperidine rings is 1. The summed E-state index contributed by atoms with van der Waals surface area (Å²) in [5.74, 6) is -0.246. The van der Waals surface area contributed by atoms with E-state index >= 15 is 0 Å². The molecule has 0 atom stereocenters. The summed E-state index contributed by atoms with van der Waals surface area (Å²) in [5, 5.41) is 5.43. The number of nitrogens with zero attached hydrogens (tertiary/aromatic N) is 1. The van der Waals surface area contributed by atoms with Gasteiger partial charge in [0.15, 0.2) is 0 Å². The predicted octanol–water partition coefficient (Wildman–Crippen LogP) is 3.95. The molecule has 2 aromatic rings. The Hall–Kier alpha value is -3.03. The fourth-order valence-corrected chi connectivity index (χ4v) is 3.16. The van der Waals surface area contributed by atoms with Gasteiger partial charge in [-0.2, -0.15) is 13.2 Å². The van der Waals surface area contributed by atoms with Crippen LogP contribution in [0.2, 0.25) is 0 Å². The largest absolute Gasteiger partial charge is 0.416 e. The van der Waals surface area contributed by atoms with Gasteiger partial charge in [-0.15, -0.1) is 0 Å². The maximum absolute atomic E-state index is 12.7. The van der Waals surface area contributed by atoms with E-state index in [4.69, 9.17) is 0 Å². The fourth-order valence-electron chi connectivity index (χ4n) is 3.16. The molecule has 0 radical (unpaired) electrons. The highest BCUT2D eigenvalue weighted by Crippen LogP contribution is 2.30. The lowest BCUT2D eigenvalue weighted by molar-refractivity contribution is -0.137. The molecule has 3 rings (SSSR count). The Morgan fingerprint density at radius 2 is 1.86 bits per heavy atom. The molecule has 0 aromatic heterocycles. The monoisotopic (exact) mass is 405 g/mol. The number of halogens is 3. The number of hydrogen-bond acceptors (Lipinski definition) is 3. The Balaban J connectivity index is 1.52. The number of amides is 2. The van der Waals surface area contributed by atoms with Crippen LogP contribution in [-0.4, -0.2) is 24.9 Å². The second-order valence-corrected chi connectivity index (χ2v) is 6.88. The molecule has 2 N–H and O–H groups in total. The van der Waals surface area contributed by atoms with Gasteiger partial charge < -0.3 is 15.5 Å². The first-order chi connectivity index (χ1) is 13.8. The lowest BCUT2D eigenvalue weighted by Gasteiger charge is -2.27. The number of carbonyl (C=O) groups excluding carboxylic acids is 2. The van der Waals surface area contributed by atoms with Gasteiger partial charge >= 0.3 is 6.18 Å². The van der Waals surface area contributed by atoms with Gasteiger partial charge in [-0.05, 0) is 48.7 Å². The van der Waals surface area contributed by atoms with E-state index in [1.54, 1.807) is 4.90 Å². The van der Waals surface area contributed by atoms with Gasteiger partial charge in [0.2, 0.25) is 11.8 Å². The zero-order valence-corrected chi connectivity index (χ0v) is 15.8. The second kappa shape index (κ2) is 8.98. The average Bonchev–Trinajstić information content (AvgIpc) is 2.71. The highest BCUT2D eigenvalue weighted by Gasteiger charge is 2.30. The first kappa shape index (κ1) is 20.7. The molecule has 0 aliphatic carbocycles. The number of hydrogen-bond donors (Lipinski definition) is 2. The topological polar surface area (TPSA) is 61.4 Å². The molecule has 0 unspecified atom stereocenters. The minimum absolute atomic E-state index is 0.0997. The van der Waals surface area contributed by atoms with E-state index in [-0.39, 0.29) is 30.6 Å². The smallest absolute Gasteiger partial charge is 0.376 e. The summed E-state index contributed by atoms with van der Waals surface area (Å²) in [5.41, 5.74) is 1.10. The van der Waals surface area contributed by atoms with Crippen molar-refractivity contribution in [2.75, 3.05) is 23.3 Å². The maximum Gasteiger partial charge on any atom is 0.416 e. The molecule has 1 heterocycles. The molecule has 1 aliphatic rings. The molecule has 2 amide bonds. The van der Waals surface area contributed by atoms with Gasteiger partial charge in [-0.1, -0.05) is 18.2 Å². The SMILES string of the molecule is O=C(CNc1cccc(C(F)(F)F)c1)NCc1cccc(N2CCCCC2=O)c1. The lowest BCUT2D eigenvalue weighted by atomic mass is 10.1. The van der Waals surface area contributed by atoms with Gasteiger partial charge in [0.05, 0.1) is 12.1 Å². The summed E-state index contributed by atoms with van der Waals surface area (Å²) in [6.45, 7) is 0.806. The fraction of sp³-hybridized carbons (Fsp3) is 0.333. The molecule has 1 fully saturated rings. The second-order valence-electron chi connectivity index (χ2n) is 6.88. The van der Waals surface area contributed by atoms with Crippen LogP contribution in [0, 0.1) is 0 Å². The molecule has 1 saturated heterocycles. The maximum atomic E-state index is 12.7. The molecule has 29 heavy (non-hydrogen) atoms. The van der Waals surface area contributed by atoms with Crippen LogP contribution in [0.5, 0.6) is 0 Å². The lowest BCUT2D eigenvalue weighted by Crippen LogP contribution is -2.35. The van der Waals surface area contributed by atoms with Gasteiger partial charge in [-0.3, -0.25) is 9.59 Å². The van der Waals surface area contributed by atoms with Crippen LogP contribution >= 0.6 is 0 Å². The number of nitrogens with one attached hydrogen (secondary N) is 2. The zero-order valence-electron chi connectivity index (χ0n) is 15.8. The summed E-state index contributed by atoms with van der Waals surface area (Å²) >= 11 is 0. The van der Waals surface area contributed by atoms with E-state index in [0.29, 0.717) is 13.0 Å². The standard InChI is InChI=1S/C21H22F3N3O2/c22-21(23,24)16-6-4-7-17(12-16)25-14-19(28)26-13-15-5-3-8-18(11-15)27-10-2-1-9-20(27)29/h3-8,11-12,25H,1-2,9-10,13-14H2,(H,26,28). The van der Waals surface area contributed by atoms with Crippen molar-refractivity contribution in [1.29, 1.82) is 0 Å².